The van der Waals surface area contributed by atoms with E-state index in [-0.39, 0.29) is 11.8 Å². The van der Waals surface area contributed by atoms with Gasteiger partial charge in [-0.05, 0) is 11.5 Å². The number of nitrogens with two attached hydrogens (primary N) is 1. The maximum absolute atomic E-state index is 12.5. The second-order valence-corrected chi connectivity index (χ2v) is 6.37. The molecule has 7 nitrogen and oxygen atoms in total. The first-order chi connectivity index (χ1) is 11.3. The zero-order valence-electron chi connectivity index (χ0n) is 13.9. The number of carboxylic acids is 1. The van der Waals surface area contributed by atoms with E-state index in [9.17, 15) is 19.8 Å². The summed E-state index contributed by atoms with van der Waals surface area (Å²) < 4.78 is 0. The van der Waals surface area contributed by atoms with Crippen molar-refractivity contribution in [2.45, 2.75) is 44.0 Å². The Morgan fingerprint density at radius 3 is 2.58 bits per heavy atom. The van der Waals surface area contributed by atoms with E-state index in [1.807, 2.05) is 37.3 Å². The molecule has 132 valence electrons. The number of carbonyl (C=O) groups is 2. The molecule has 0 radical (unpaired) electrons. The second kappa shape index (κ2) is 7.29. The Balaban J connectivity index is 2.15. The number of aliphatic carboxylic acids is 1. The number of aliphatic hydroxyl groups is 1. The van der Waals surface area contributed by atoms with Crippen molar-refractivity contribution in [1.82, 2.24) is 10.6 Å². The molecular formula is C17H25N3O4. The standard InChI is InChI=1S/C17H25N3O4/c1-3-10(2)13(15(21)22)20-16(23)17(24)14(18)12(9-19-17)11-7-5-4-6-8-11/h4-8,10,12-14,19,24H,3,9,18H2,1-2H3,(H,20,23)(H,21,22)/t10-,12?,13-,14?,17+/m0/s1. The first-order valence-corrected chi connectivity index (χ1v) is 8.13. The third kappa shape index (κ3) is 3.43. The fraction of sp³-hybridized carbons (Fsp3) is 0.529. The predicted octanol–water partition coefficient (Wildman–Crippen LogP) is 0.00480. The van der Waals surface area contributed by atoms with Crippen molar-refractivity contribution < 1.29 is 19.8 Å². The monoisotopic (exact) mass is 335 g/mol. The number of hydrogen-bond donors (Lipinski definition) is 5. The molecule has 1 saturated heterocycles. The Labute approximate surface area is 141 Å². The van der Waals surface area contributed by atoms with Crippen molar-refractivity contribution in [3.8, 4) is 0 Å². The summed E-state index contributed by atoms with van der Waals surface area (Å²) in [7, 11) is 0. The number of nitrogens with one attached hydrogen (secondary N) is 2. The van der Waals surface area contributed by atoms with Crippen molar-refractivity contribution in [3.05, 3.63) is 35.9 Å². The van der Waals surface area contributed by atoms with Gasteiger partial charge in [0.15, 0.2) is 0 Å². The van der Waals surface area contributed by atoms with Crippen LogP contribution in [-0.2, 0) is 9.59 Å². The fourth-order valence-corrected chi connectivity index (χ4v) is 2.99. The highest BCUT2D eigenvalue weighted by Gasteiger charge is 2.52. The number of amides is 1. The molecule has 0 bridgehead atoms. The number of carboxylic acid groups (broad SMARTS) is 1. The van der Waals surface area contributed by atoms with Gasteiger partial charge in [0.2, 0.25) is 5.72 Å². The van der Waals surface area contributed by atoms with Crippen LogP contribution in [0.2, 0.25) is 0 Å². The van der Waals surface area contributed by atoms with E-state index in [1.165, 1.54) is 0 Å². The van der Waals surface area contributed by atoms with Gasteiger partial charge in [0.05, 0.1) is 6.04 Å². The van der Waals surface area contributed by atoms with Crippen molar-refractivity contribution in [1.29, 1.82) is 0 Å². The zero-order chi connectivity index (χ0) is 17.9. The summed E-state index contributed by atoms with van der Waals surface area (Å²) in [6, 6.07) is 7.41. The van der Waals surface area contributed by atoms with Gasteiger partial charge < -0.3 is 21.3 Å². The number of rotatable bonds is 6. The highest BCUT2D eigenvalue weighted by molar-refractivity contribution is 5.90. The molecule has 0 aliphatic carbocycles. The van der Waals surface area contributed by atoms with E-state index < -0.39 is 29.7 Å². The van der Waals surface area contributed by atoms with Crippen LogP contribution >= 0.6 is 0 Å². The first kappa shape index (κ1) is 18.4. The average Bonchev–Trinajstić information content (AvgIpc) is 2.89. The molecule has 1 aliphatic rings. The lowest BCUT2D eigenvalue weighted by atomic mass is 9.89. The van der Waals surface area contributed by atoms with Crippen LogP contribution in [0.5, 0.6) is 0 Å². The van der Waals surface area contributed by atoms with Crippen molar-refractivity contribution >= 4 is 11.9 Å². The topological polar surface area (TPSA) is 125 Å². The SMILES string of the molecule is CC[C@H](C)[C@H](NC(=O)[C@@]1(O)NCC(c2ccccc2)C1N)C(=O)O. The number of carbonyl (C=O) groups excluding carboxylic acids is 1. The summed E-state index contributed by atoms with van der Waals surface area (Å²) in [4.78, 5) is 23.9. The highest BCUT2D eigenvalue weighted by atomic mass is 16.4. The van der Waals surface area contributed by atoms with E-state index >= 15 is 0 Å². The molecular weight excluding hydrogens is 310 g/mol. The lowest BCUT2D eigenvalue weighted by Gasteiger charge is -2.30. The molecule has 0 spiro atoms. The van der Waals surface area contributed by atoms with Gasteiger partial charge in [-0.3, -0.25) is 10.1 Å². The summed E-state index contributed by atoms with van der Waals surface area (Å²) in [6.07, 6.45) is 0.585. The van der Waals surface area contributed by atoms with Gasteiger partial charge in [-0.15, -0.1) is 0 Å². The van der Waals surface area contributed by atoms with Crippen LogP contribution in [0, 0.1) is 5.92 Å². The normalized spacial score (nSPS) is 29.0. The molecule has 0 aromatic heterocycles. The molecule has 6 N–H and O–H groups in total. The Morgan fingerprint density at radius 1 is 1.42 bits per heavy atom. The molecule has 2 rings (SSSR count). The highest BCUT2D eigenvalue weighted by Crippen LogP contribution is 2.30. The summed E-state index contributed by atoms with van der Waals surface area (Å²) >= 11 is 0. The Morgan fingerprint density at radius 2 is 2.04 bits per heavy atom. The molecule has 1 aromatic carbocycles. The van der Waals surface area contributed by atoms with Crippen molar-refractivity contribution in [2.75, 3.05) is 6.54 Å². The van der Waals surface area contributed by atoms with Gasteiger partial charge in [-0.1, -0.05) is 50.6 Å². The van der Waals surface area contributed by atoms with Crippen LogP contribution in [0.3, 0.4) is 0 Å². The maximum atomic E-state index is 12.5. The van der Waals surface area contributed by atoms with E-state index in [2.05, 4.69) is 10.6 Å². The van der Waals surface area contributed by atoms with E-state index in [0.29, 0.717) is 13.0 Å². The maximum Gasteiger partial charge on any atom is 0.326 e. The molecule has 1 aliphatic heterocycles. The van der Waals surface area contributed by atoms with Crippen LogP contribution in [0.4, 0.5) is 0 Å². The second-order valence-electron chi connectivity index (χ2n) is 6.37. The van der Waals surface area contributed by atoms with Crippen LogP contribution in [0.15, 0.2) is 30.3 Å². The Bertz CT molecular complexity index is 595. The fourth-order valence-electron chi connectivity index (χ4n) is 2.99. The van der Waals surface area contributed by atoms with Gasteiger partial charge in [0.1, 0.15) is 6.04 Å². The van der Waals surface area contributed by atoms with Gasteiger partial charge >= 0.3 is 5.97 Å². The minimum absolute atomic E-state index is 0.242. The van der Waals surface area contributed by atoms with Crippen LogP contribution in [-0.4, -0.2) is 46.4 Å². The molecule has 1 heterocycles. The summed E-state index contributed by atoms with van der Waals surface area (Å²) in [5, 5.41) is 25.2. The van der Waals surface area contributed by atoms with Gasteiger partial charge in [-0.2, -0.15) is 0 Å². The quantitative estimate of drug-likeness (QED) is 0.498. The smallest absolute Gasteiger partial charge is 0.326 e. The third-order valence-electron chi connectivity index (χ3n) is 4.85. The minimum Gasteiger partial charge on any atom is -0.480 e. The first-order valence-electron chi connectivity index (χ1n) is 8.13. The van der Waals surface area contributed by atoms with E-state index in [4.69, 9.17) is 5.73 Å². The summed E-state index contributed by atoms with van der Waals surface area (Å²) in [5.41, 5.74) is 5.05. The predicted molar refractivity (Wildman–Crippen MR) is 89.1 cm³/mol. The lowest BCUT2D eigenvalue weighted by molar-refractivity contribution is -0.150. The summed E-state index contributed by atoms with van der Waals surface area (Å²) in [6.45, 7) is 3.90. The van der Waals surface area contributed by atoms with Crippen LogP contribution < -0.4 is 16.4 Å². The Kier molecular flexibility index (Phi) is 5.58. The van der Waals surface area contributed by atoms with E-state index in [1.54, 1.807) is 6.92 Å². The molecule has 1 amide bonds. The van der Waals surface area contributed by atoms with Gasteiger partial charge in [0.25, 0.3) is 5.91 Å². The summed E-state index contributed by atoms with van der Waals surface area (Å²) in [5.74, 6) is -2.44. The zero-order valence-corrected chi connectivity index (χ0v) is 13.9. The largest absolute Gasteiger partial charge is 0.480 e. The molecule has 1 aromatic rings. The molecule has 5 atom stereocenters. The van der Waals surface area contributed by atoms with E-state index in [0.717, 1.165) is 5.56 Å². The molecule has 7 heteroatoms. The van der Waals surface area contributed by atoms with Crippen LogP contribution in [0.1, 0.15) is 31.7 Å². The third-order valence-corrected chi connectivity index (χ3v) is 4.85. The number of hydrogen-bond acceptors (Lipinski definition) is 5. The van der Waals surface area contributed by atoms with Crippen molar-refractivity contribution in [3.63, 3.8) is 0 Å². The minimum atomic E-state index is -2.00. The van der Waals surface area contributed by atoms with Crippen LogP contribution in [0.25, 0.3) is 0 Å². The molecule has 1 fully saturated rings. The molecule has 24 heavy (non-hydrogen) atoms. The average molecular weight is 335 g/mol. The molecule has 0 saturated carbocycles. The molecule has 2 unspecified atom stereocenters. The van der Waals surface area contributed by atoms with Gasteiger partial charge in [-0.25, -0.2) is 4.79 Å². The number of benzene rings is 1. The van der Waals surface area contributed by atoms with Gasteiger partial charge in [0, 0.05) is 12.5 Å². The lowest BCUT2D eigenvalue weighted by Crippen LogP contribution is -2.65. The Hall–Kier alpha value is -1.96. The van der Waals surface area contributed by atoms with Crippen molar-refractivity contribution in [2.24, 2.45) is 11.7 Å².